The first kappa shape index (κ1) is 15.9. The minimum absolute atomic E-state index is 0.0592. The average Bonchev–Trinajstić information content (AvgIpc) is 2.75. The van der Waals surface area contributed by atoms with Gasteiger partial charge in [-0.05, 0) is 44.5 Å². The predicted octanol–water partition coefficient (Wildman–Crippen LogP) is 3.79. The van der Waals surface area contributed by atoms with Crippen LogP contribution in [0, 0.1) is 10.9 Å². The second-order valence-electron chi connectivity index (χ2n) is 5.23. The second-order valence-corrected chi connectivity index (χ2v) is 7.00. The Morgan fingerprint density at radius 1 is 1.38 bits per heavy atom. The summed E-state index contributed by atoms with van der Waals surface area (Å²) in [6.45, 7) is 4.00. The molecule has 1 heterocycles. The summed E-state index contributed by atoms with van der Waals surface area (Å²) in [5.41, 5.74) is 2.30. The third-order valence-corrected chi connectivity index (χ3v) is 4.70. The van der Waals surface area contributed by atoms with Crippen LogP contribution in [0.4, 0.5) is 0 Å². The lowest BCUT2D eigenvalue weighted by Gasteiger charge is -2.13. The topological polar surface area (TPSA) is 44.9 Å². The fraction of sp³-hybridized carbons (Fsp3) is 0.375. The van der Waals surface area contributed by atoms with E-state index in [1.807, 2.05) is 32.0 Å². The van der Waals surface area contributed by atoms with E-state index in [-0.39, 0.29) is 11.9 Å². The number of rotatable bonds is 6. The molecule has 1 atom stereocenters. The Hall–Kier alpha value is -1.46. The zero-order chi connectivity index (χ0) is 15.2. The van der Waals surface area contributed by atoms with Gasteiger partial charge in [-0.3, -0.25) is 4.79 Å². The lowest BCUT2D eigenvalue weighted by atomic mass is 10.1. The molecule has 0 spiro atoms. The first-order chi connectivity index (χ1) is 10.0. The van der Waals surface area contributed by atoms with Gasteiger partial charge in [0.15, 0.2) is 3.95 Å². The number of aromatic nitrogens is 1. The Labute approximate surface area is 134 Å². The van der Waals surface area contributed by atoms with Crippen molar-refractivity contribution in [1.29, 1.82) is 0 Å². The molecule has 0 bridgehead atoms. The smallest absolute Gasteiger partial charge is 0.225 e. The van der Waals surface area contributed by atoms with Crippen LogP contribution in [0.15, 0.2) is 30.3 Å². The lowest BCUT2D eigenvalue weighted by Crippen LogP contribution is -2.34. The summed E-state index contributed by atoms with van der Waals surface area (Å²) in [5, 5.41) is 3.05. The highest BCUT2D eigenvalue weighted by atomic mass is 32.1. The predicted molar refractivity (Wildman–Crippen MR) is 90.3 cm³/mol. The molecule has 0 aliphatic rings. The second kappa shape index (κ2) is 7.52. The van der Waals surface area contributed by atoms with Gasteiger partial charge >= 0.3 is 0 Å². The van der Waals surface area contributed by atoms with Gasteiger partial charge in [0.2, 0.25) is 5.91 Å². The summed E-state index contributed by atoms with van der Waals surface area (Å²) in [4.78, 5) is 16.1. The van der Waals surface area contributed by atoms with Crippen molar-refractivity contribution in [2.45, 2.75) is 39.2 Å². The fourth-order valence-electron chi connectivity index (χ4n) is 2.18. The fourth-order valence-corrected chi connectivity index (χ4v) is 3.47. The largest absolute Gasteiger partial charge is 0.353 e. The molecule has 3 nitrogen and oxygen atoms in total. The van der Waals surface area contributed by atoms with Crippen LogP contribution in [-0.4, -0.2) is 16.9 Å². The van der Waals surface area contributed by atoms with E-state index in [2.05, 4.69) is 22.4 Å². The van der Waals surface area contributed by atoms with Crippen LogP contribution in [0.3, 0.4) is 0 Å². The van der Waals surface area contributed by atoms with Crippen molar-refractivity contribution < 1.29 is 4.79 Å². The normalized spacial score (nSPS) is 12.1. The molecule has 1 aromatic heterocycles. The number of aromatic amines is 1. The van der Waals surface area contributed by atoms with Crippen molar-refractivity contribution >= 4 is 29.5 Å². The zero-order valence-corrected chi connectivity index (χ0v) is 13.9. The Balaban J connectivity index is 1.79. The number of thiazole rings is 1. The summed E-state index contributed by atoms with van der Waals surface area (Å²) in [7, 11) is 0. The van der Waals surface area contributed by atoms with Crippen LogP contribution in [0.5, 0.6) is 0 Å². The van der Waals surface area contributed by atoms with Crippen LogP contribution < -0.4 is 5.32 Å². The van der Waals surface area contributed by atoms with Crippen LogP contribution in [0.25, 0.3) is 0 Å². The Morgan fingerprint density at radius 3 is 2.71 bits per heavy atom. The SMILES string of the molecule is Cc1[nH]c(=S)sc1CC(=O)N[C@H](C)CCc1ccccc1. The third-order valence-electron chi connectivity index (χ3n) is 3.36. The standard InChI is InChI=1S/C16H20N2OS2/c1-11(8-9-13-6-4-3-5-7-13)17-15(19)10-14-12(2)18-16(20)21-14/h3-7,11H,8-10H2,1-2H3,(H,17,19)(H,18,20)/t11-/m1/s1. The first-order valence-corrected chi connectivity index (χ1v) is 8.29. The van der Waals surface area contributed by atoms with E-state index in [1.165, 1.54) is 16.9 Å². The Kier molecular flexibility index (Phi) is 5.70. The van der Waals surface area contributed by atoms with Crippen molar-refractivity contribution in [3.63, 3.8) is 0 Å². The number of carbonyl (C=O) groups excluding carboxylic acids is 1. The maximum atomic E-state index is 12.0. The molecule has 0 unspecified atom stereocenters. The van der Waals surface area contributed by atoms with E-state index in [9.17, 15) is 4.79 Å². The van der Waals surface area contributed by atoms with E-state index >= 15 is 0 Å². The maximum Gasteiger partial charge on any atom is 0.225 e. The molecule has 2 N–H and O–H groups in total. The van der Waals surface area contributed by atoms with Crippen LogP contribution >= 0.6 is 23.6 Å². The minimum atomic E-state index is 0.0592. The number of amides is 1. The van der Waals surface area contributed by atoms with Gasteiger partial charge in [0.1, 0.15) is 0 Å². The van der Waals surface area contributed by atoms with Crippen molar-refractivity contribution in [3.8, 4) is 0 Å². The molecule has 0 aliphatic heterocycles. The summed E-state index contributed by atoms with van der Waals surface area (Å²) >= 11 is 6.57. The average molecular weight is 320 g/mol. The first-order valence-electron chi connectivity index (χ1n) is 7.06. The Morgan fingerprint density at radius 2 is 2.10 bits per heavy atom. The van der Waals surface area contributed by atoms with E-state index in [0.29, 0.717) is 6.42 Å². The van der Waals surface area contributed by atoms with Gasteiger partial charge in [-0.2, -0.15) is 0 Å². The van der Waals surface area contributed by atoms with E-state index in [1.54, 1.807) is 0 Å². The molecular formula is C16H20N2OS2. The van der Waals surface area contributed by atoms with Crippen molar-refractivity contribution in [3.05, 3.63) is 50.4 Å². The van der Waals surface area contributed by atoms with E-state index in [4.69, 9.17) is 12.2 Å². The summed E-state index contributed by atoms with van der Waals surface area (Å²) in [5.74, 6) is 0.0592. The van der Waals surface area contributed by atoms with Gasteiger partial charge in [0.25, 0.3) is 0 Å². The summed E-state index contributed by atoms with van der Waals surface area (Å²) < 4.78 is 0.729. The highest BCUT2D eigenvalue weighted by Crippen LogP contribution is 2.15. The highest BCUT2D eigenvalue weighted by molar-refractivity contribution is 7.73. The molecule has 0 saturated heterocycles. The van der Waals surface area contributed by atoms with Gasteiger partial charge in [-0.15, -0.1) is 11.3 Å². The molecule has 0 fully saturated rings. The molecule has 112 valence electrons. The molecule has 0 saturated carbocycles. The van der Waals surface area contributed by atoms with Crippen molar-refractivity contribution in [2.75, 3.05) is 0 Å². The number of hydrogen-bond donors (Lipinski definition) is 2. The van der Waals surface area contributed by atoms with E-state index < -0.39 is 0 Å². The molecule has 0 radical (unpaired) electrons. The highest BCUT2D eigenvalue weighted by Gasteiger charge is 2.11. The number of benzene rings is 1. The maximum absolute atomic E-state index is 12.0. The molecule has 0 aliphatic carbocycles. The van der Waals surface area contributed by atoms with Crippen LogP contribution in [0.1, 0.15) is 29.5 Å². The molecule has 2 aromatic rings. The van der Waals surface area contributed by atoms with E-state index in [0.717, 1.165) is 27.4 Å². The monoisotopic (exact) mass is 320 g/mol. The number of nitrogens with one attached hydrogen (secondary N) is 2. The minimum Gasteiger partial charge on any atom is -0.353 e. The van der Waals surface area contributed by atoms with Gasteiger partial charge in [-0.1, -0.05) is 30.3 Å². The number of hydrogen-bond acceptors (Lipinski definition) is 3. The Bertz CT molecular complexity index is 646. The zero-order valence-electron chi connectivity index (χ0n) is 12.3. The molecule has 5 heteroatoms. The van der Waals surface area contributed by atoms with Crippen LogP contribution in [-0.2, 0) is 17.6 Å². The molecule has 21 heavy (non-hydrogen) atoms. The number of H-pyrrole nitrogens is 1. The number of carbonyl (C=O) groups is 1. The van der Waals surface area contributed by atoms with Gasteiger partial charge in [0.05, 0.1) is 6.42 Å². The summed E-state index contributed by atoms with van der Waals surface area (Å²) in [6.07, 6.45) is 2.32. The number of aryl methyl sites for hydroxylation is 2. The van der Waals surface area contributed by atoms with Crippen molar-refractivity contribution in [2.24, 2.45) is 0 Å². The van der Waals surface area contributed by atoms with Crippen LogP contribution in [0.2, 0.25) is 0 Å². The molecule has 2 rings (SSSR count). The van der Waals surface area contributed by atoms with Crippen molar-refractivity contribution in [1.82, 2.24) is 10.3 Å². The quantitative estimate of drug-likeness (QED) is 0.795. The summed E-state index contributed by atoms with van der Waals surface area (Å²) in [6, 6.07) is 10.5. The molecular weight excluding hydrogens is 300 g/mol. The molecule has 1 aromatic carbocycles. The van der Waals surface area contributed by atoms with Gasteiger partial charge < -0.3 is 10.3 Å². The van der Waals surface area contributed by atoms with Gasteiger partial charge in [-0.25, -0.2) is 0 Å². The third kappa shape index (κ3) is 5.10. The lowest BCUT2D eigenvalue weighted by molar-refractivity contribution is -0.121. The molecule has 1 amide bonds. The van der Waals surface area contributed by atoms with Gasteiger partial charge in [0, 0.05) is 16.6 Å².